The molecule has 0 spiro atoms. The van der Waals surface area contributed by atoms with Gasteiger partial charge in [-0.25, -0.2) is 8.42 Å². The number of ether oxygens (including phenoxy) is 2. The van der Waals surface area contributed by atoms with Crippen LogP contribution in [0.4, 0.5) is 0 Å². The van der Waals surface area contributed by atoms with E-state index in [1.165, 1.54) is 24.3 Å². The van der Waals surface area contributed by atoms with Crippen molar-refractivity contribution in [2.75, 3.05) is 13.7 Å². The summed E-state index contributed by atoms with van der Waals surface area (Å²) in [6.45, 7) is 0.409. The molecule has 28 heavy (non-hydrogen) atoms. The SMILES string of the molecule is COC(=O)C(c1ccc(OCCc2cc3ccccc3[nH]2)cc1)S(=O)(=O)[O-].[Na+]. The molecule has 0 aliphatic heterocycles. The average Bonchev–Trinajstić information content (AvgIpc) is 3.04. The number of methoxy groups -OCH3 is 1. The Morgan fingerprint density at radius 2 is 1.82 bits per heavy atom. The molecular formula is C19H18NNaO6S. The van der Waals surface area contributed by atoms with Crippen LogP contribution in [0.5, 0.6) is 5.75 Å². The summed E-state index contributed by atoms with van der Waals surface area (Å²) in [6.07, 6.45) is 0.663. The number of nitrogens with one attached hydrogen (secondary N) is 1. The zero-order valence-corrected chi connectivity index (χ0v) is 18.4. The van der Waals surface area contributed by atoms with E-state index in [1.54, 1.807) is 0 Å². The van der Waals surface area contributed by atoms with E-state index in [0.717, 1.165) is 23.7 Å². The normalized spacial score (nSPS) is 12.2. The van der Waals surface area contributed by atoms with Crippen molar-refractivity contribution >= 4 is 27.0 Å². The molecule has 0 radical (unpaired) electrons. The molecule has 0 fully saturated rings. The quantitative estimate of drug-likeness (QED) is 0.321. The molecule has 1 atom stereocenters. The molecule has 0 bridgehead atoms. The minimum absolute atomic E-state index is 0. The van der Waals surface area contributed by atoms with Gasteiger partial charge in [-0.05, 0) is 35.2 Å². The maximum Gasteiger partial charge on any atom is 1.00 e. The Kier molecular flexibility index (Phi) is 7.68. The van der Waals surface area contributed by atoms with Crippen molar-refractivity contribution in [2.45, 2.75) is 11.7 Å². The van der Waals surface area contributed by atoms with Crippen LogP contribution in [-0.4, -0.2) is 37.6 Å². The van der Waals surface area contributed by atoms with Crippen molar-refractivity contribution in [3.63, 3.8) is 0 Å². The van der Waals surface area contributed by atoms with Crippen LogP contribution in [0, 0.1) is 0 Å². The van der Waals surface area contributed by atoms with Gasteiger partial charge in [-0.3, -0.25) is 4.79 Å². The van der Waals surface area contributed by atoms with Gasteiger partial charge in [-0.2, -0.15) is 0 Å². The van der Waals surface area contributed by atoms with E-state index in [2.05, 4.69) is 15.8 Å². The van der Waals surface area contributed by atoms with Gasteiger partial charge in [0.05, 0.1) is 13.7 Å². The number of carbonyl (C=O) groups excluding carboxylic acids is 1. The van der Waals surface area contributed by atoms with Crippen LogP contribution in [0.15, 0.2) is 54.6 Å². The number of hydrogen-bond donors (Lipinski definition) is 1. The monoisotopic (exact) mass is 411 g/mol. The Labute approximate surface area is 185 Å². The topological polar surface area (TPSA) is 109 Å². The summed E-state index contributed by atoms with van der Waals surface area (Å²) in [7, 11) is -3.85. The van der Waals surface area contributed by atoms with E-state index < -0.39 is 21.3 Å². The summed E-state index contributed by atoms with van der Waals surface area (Å²) < 4.78 is 44.0. The first-order valence-corrected chi connectivity index (χ1v) is 9.67. The number of aromatic nitrogens is 1. The first-order chi connectivity index (χ1) is 12.9. The predicted molar refractivity (Wildman–Crippen MR) is 98.4 cm³/mol. The number of fused-ring (bicyclic) bond motifs is 1. The van der Waals surface area contributed by atoms with Gasteiger partial charge in [-0.15, -0.1) is 0 Å². The number of H-pyrrole nitrogens is 1. The molecule has 1 aromatic heterocycles. The van der Waals surface area contributed by atoms with Crippen molar-refractivity contribution in [1.82, 2.24) is 4.98 Å². The molecule has 3 rings (SSSR count). The molecule has 3 aromatic rings. The van der Waals surface area contributed by atoms with Crippen molar-refractivity contribution < 1.29 is 56.8 Å². The number of para-hydroxylation sites is 1. The number of benzene rings is 2. The number of rotatable bonds is 7. The molecule has 1 unspecified atom stereocenters. The zero-order chi connectivity index (χ0) is 19.4. The minimum atomic E-state index is -4.88. The molecule has 2 aromatic carbocycles. The van der Waals surface area contributed by atoms with E-state index in [0.29, 0.717) is 18.8 Å². The van der Waals surface area contributed by atoms with Gasteiger partial charge >= 0.3 is 35.5 Å². The third kappa shape index (κ3) is 5.36. The standard InChI is InChI=1S/C19H19NO6S.Na/c1-25-19(21)18(27(22,23)24)13-6-8-16(9-7-13)26-11-10-15-12-14-4-2-3-5-17(14)20-15;/h2-9,12,18,20H,10-11H2,1H3,(H,22,23,24);/q;+1/p-1. The van der Waals surface area contributed by atoms with Gasteiger partial charge in [0, 0.05) is 17.6 Å². The molecule has 0 amide bonds. The van der Waals surface area contributed by atoms with Crippen LogP contribution in [-0.2, 0) is 26.1 Å². The largest absolute Gasteiger partial charge is 1.00 e. The molecule has 9 heteroatoms. The van der Waals surface area contributed by atoms with Crippen molar-refractivity contribution in [3.05, 3.63) is 65.9 Å². The summed E-state index contributed by atoms with van der Waals surface area (Å²) in [6, 6.07) is 15.8. The minimum Gasteiger partial charge on any atom is -0.747 e. The number of aromatic amines is 1. The molecule has 0 saturated heterocycles. The Hall–Kier alpha value is -1.84. The molecule has 0 aliphatic carbocycles. The molecule has 0 aliphatic rings. The van der Waals surface area contributed by atoms with E-state index in [4.69, 9.17) is 4.74 Å². The third-order valence-corrected chi connectivity index (χ3v) is 5.15. The second kappa shape index (κ2) is 9.58. The Morgan fingerprint density at radius 3 is 2.43 bits per heavy atom. The van der Waals surface area contributed by atoms with Crippen LogP contribution < -0.4 is 34.3 Å². The van der Waals surface area contributed by atoms with Crippen LogP contribution in [0.2, 0.25) is 0 Å². The van der Waals surface area contributed by atoms with Gasteiger partial charge in [0.15, 0.2) is 5.25 Å². The summed E-state index contributed by atoms with van der Waals surface area (Å²) in [4.78, 5) is 14.9. The average molecular weight is 411 g/mol. The first-order valence-electron chi connectivity index (χ1n) is 8.20. The fourth-order valence-corrected chi connectivity index (χ4v) is 3.64. The molecular weight excluding hydrogens is 393 g/mol. The second-order valence-electron chi connectivity index (χ2n) is 5.95. The van der Waals surface area contributed by atoms with E-state index in [1.807, 2.05) is 24.3 Å². The van der Waals surface area contributed by atoms with Gasteiger partial charge in [0.25, 0.3) is 0 Å². The molecule has 1 heterocycles. The third-order valence-electron chi connectivity index (χ3n) is 4.11. The van der Waals surface area contributed by atoms with Gasteiger partial charge in [0.1, 0.15) is 15.9 Å². The molecule has 1 N–H and O–H groups in total. The van der Waals surface area contributed by atoms with Crippen molar-refractivity contribution in [2.24, 2.45) is 0 Å². The van der Waals surface area contributed by atoms with Gasteiger partial charge in [0.2, 0.25) is 0 Å². The Bertz CT molecular complexity index is 1010. The first kappa shape index (κ1) is 22.4. The molecule has 142 valence electrons. The Balaban J connectivity index is 0.00000280. The van der Waals surface area contributed by atoms with Crippen LogP contribution >= 0.6 is 0 Å². The molecule has 7 nitrogen and oxygen atoms in total. The maximum atomic E-state index is 11.6. The van der Waals surface area contributed by atoms with Crippen molar-refractivity contribution in [1.29, 1.82) is 0 Å². The summed E-state index contributed by atoms with van der Waals surface area (Å²) in [5.74, 6) is -0.612. The summed E-state index contributed by atoms with van der Waals surface area (Å²) >= 11 is 0. The van der Waals surface area contributed by atoms with E-state index >= 15 is 0 Å². The predicted octanol–water partition coefficient (Wildman–Crippen LogP) is -0.447. The summed E-state index contributed by atoms with van der Waals surface area (Å²) in [5, 5.41) is -0.757. The smallest absolute Gasteiger partial charge is 0.747 e. The fraction of sp³-hybridized carbons (Fsp3) is 0.211. The Morgan fingerprint density at radius 1 is 1.14 bits per heavy atom. The number of esters is 1. The molecule has 0 saturated carbocycles. The maximum absolute atomic E-state index is 11.6. The number of carbonyl (C=O) groups is 1. The van der Waals surface area contributed by atoms with Gasteiger partial charge < -0.3 is 19.0 Å². The van der Waals surface area contributed by atoms with Crippen LogP contribution in [0.3, 0.4) is 0 Å². The van der Waals surface area contributed by atoms with E-state index in [-0.39, 0.29) is 35.1 Å². The summed E-state index contributed by atoms with van der Waals surface area (Å²) in [5.41, 5.74) is 2.14. The van der Waals surface area contributed by atoms with Crippen molar-refractivity contribution in [3.8, 4) is 5.75 Å². The van der Waals surface area contributed by atoms with Crippen LogP contribution in [0.1, 0.15) is 16.5 Å². The fourth-order valence-electron chi connectivity index (χ4n) is 2.81. The zero-order valence-electron chi connectivity index (χ0n) is 15.5. The van der Waals surface area contributed by atoms with E-state index in [9.17, 15) is 17.8 Å². The van der Waals surface area contributed by atoms with Crippen LogP contribution in [0.25, 0.3) is 10.9 Å². The second-order valence-corrected chi connectivity index (χ2v) is 7.40. The number of hydrogen-bond acceptors (Lipinski definition) is 6. The van der Waals surface area contributed by atoms with Gasteiger partial charge in [-0.1, -0.05) is 30.3 Å².